The van der Waals surface area contributed by atoms with Crippen LogP contribution in [0.5, 0.6) is 0 Å². The molecule has 136 valence electrons. The molecule has 0 spiro atoms. The van der Waals surface area contributed by atoms with Crippen molar-refractivity contribution in [2.45, 2.75) is 13.2 Å². The van der Waals surface area contributed by atoms with Gasteiger partial charge in [0.25, 0.3) is 0 Å². The molecule has 0 amide bonds. The van der Waals surface area contributed by atoms with Gasteiger partial charge in [-0.3, -0.25) is 0 Å². The number of aliphatic hydroxyl groups excluding tert-OH is 1. The number of carbonyl (C=O) groups is 2. The predicted octanol–water partition coefficient (Wildman–Crippen LogP) is 2.90. The fraction of sp³-hybridized carbons (Fsp3) is 0.263. The Morgan fingerprint density at radius 1 is 0.960 bits per heavy atom. The van der Waals surface area contributed by atoms with E-state index < -0.39 is 18.2 Å². The van der Waals surface area contributed by atoms with Crippen molar-refractivity contribution in [3.8, 4) is 0 Å². The van der Waals surface area contributed by atoms with Crippen LogP contribution in [0, 0.1) is 0 Å². The van der Waals surface area contributed by atoms with Crippen molar-refractivity contribution in [1.82, 2.24) is 0 Å². The second-order valence-corrected chi connectivity index (χ2v) is 4.54. The maximum absolute atomic E-state index is 11.7. The Hall–Kier alpha value is -2.70. The Kier molecular flexibility index (Phi) is 12.2. The molecule has 0 fully saturated rings. The molecule has 1 rings (SSSR count). The van der Waals surface area contributed by atoms with Crippen LogP contribution >= 0.6 is 0 Å². The minimum absolute atomic E-state index is 0.0921. The molecule has 0 aliphatic rings. The molecule has 0 bridgehead atoms. The van der Waals surface area contributed by atoms with Gasteiger partial charge in [0.15, 0.2) is 6.29 Å². The SMILES string of the molecule is C=CCOC(=O)c1ccccc1C(=O)OCC=C.C=CCOC(C)O. The second-order valence-electron chi connectivity index (χ2n) is 4.54. The Morgan fingerprint density at radius 3 is 1.64 bits per heavy atom. The van der Waals surface area contributed by atoms with E-state index in [2.05, 4.69) is 24.5 Å². The number of esters is 2. The molecule has 1 atom stereocenters. The van der Waals surface area contributed by atoms with Crippen molar-refractivity contribution in [2.24, 2.45) is 0 Å². The summed E-state index contributed by atoms with van der Waals surface area (Å²) in [6.07, 6.45) is 3.83. The highest BCUT2D eigenvalue weighted by molar-refractivity contribution is 6.03. The van der Waals surface area contributed by atoms with Crippen molar-refractivity contribution in [2.75, 3.05) is 19.8 Å². The van der Waals surface area contributed by atoms with E-state index in [4.69, 9.17) is 14.6 Å². The quantitative estimate of drug-likeness (QED) is 0.420. The van der Waals surface area contributed by atoms with Crippen LogP contribution in [-0.2, 0) is 14.2 Å². The second kappa shape index (κ2) is 13.7. The summed E-state index contributed by atoms with van der Waals surface area (Å²) >= 11 is 0. The number of aliphatic hydroxyl groups is 1. The monoisotopic (exact) mass is 348 g/mol. The fourth-order valence-corrected chi connectivity index (χ4v) is 1.47. The minimum Gasteiger partial charge on any atom is -0.458 e. The normalized spacial score (nSPS) is 10.5. The van der Waals surface area contributed by atoms with Gasteiger partial charge in [-0.1, -0.05) is 43.5 Å². The Labute approximate surface area is 148 Å². The average Bonchev–Trinajstić information content (AvgIpc) is 2.62. The van der Waals surface area contributed by atoms with Gasteiger partial charge in [0.1, 0.15) is 13.2 Å². The van der Waals surface area contributed by atoms with Crippen molar-refractivity contribution in [3.63, 3.8) is 0 Å². The highest BCUT2D eigenvalue weighted by atomic mass is 16.6. The summed E-state index contributed by atoms with van der Waals surface area (Å²) in [5.41, 5.74) is 0.349. The molecule has 0 aliphatic heterocycles. The number of rotatable bonds is 9. The molecule has 0 radical (unpaired) electrons. The first-order valence-corrected chi connectivity index (χ1v) is 7.53. The molecular weight excluding hydrogens is 324 g/mol. The lowest BCUT2D eigenvalue weighted by Gasteiger charge is -2.07. The Balaban J connectivity index is 0.000000697. The molecule has 0 saturated heterocycles. The van der Waals surface area contributed by atoms with Crippen molar-refractivity contribution in [1.29, 1.82) is 0 Å². The first-order valence-electron chi connectivity index (χ1n) is 7.53. The van der Waals surface area contributed by atoms with Gasteiger partial charge in [-0.2, -0.15) is 0 Å². The fourth-order valence-electron chi connectivity index (χ4n) is 1.47. The minimum atomic E-state index is -0.669. The van der Waals surface area contributed by atoms with E-state index in [0.29, 0.717) is 6.61 Å². The third-order valence-electron chi connectivity index (χ3n) is 2.49. The molecule has 1 N–H and O–H groups in total. The lowest BCUT2D eigenvalue weighted by molar-refractivity contribution is -0.0739. The topological polar surface area (TPSA) is 82.1 Å². The summed E-state index contributed by atoms with van der Waals surface area (Å²) in [6.45, 7) is 12.4. The van der Waals surface area contributed by atoms with E-state index in [-0.39, 0.29) is 24.3 Å². The first kappa shape index (κ1) is 22.3. The zero-order valence-electron chi connectivity index (χ0n) is 14.3. The Bertz CT molecular complexity index is 534. The number of hydrogen-bond donors (Lipinski definition) is 1. The molecule has 1 unspecified atom stereocenters. The van der Waals surface area contributed by atoms with Gasteiger partial charge < -0.3 is 19.3 Å². The summed E-state index contributed by atoms with van der Waals surface area (Å²) in [7, 11) is 0. The van der Waals surface area contributed by atoms with E-state index in [1.807, 2.05) is 0 Å². The van der Waals surface area contributed by atoms with E-state index in [1.165, 1.54) is 24.3 Å². The molecule has 0 aliphatic carbocycles. The van der Waals surface area contributed by atoms with Gasteiger partial charge >= 0.3 is 11.9 Å². The standard InChI is InChI=1S/C14H14O4.C5H10O2/c1-3-9-17-13(15)11-7-5-6-8-12(11)14(16)18-10-4-2;1-3-4-7-5(2)6/h3-8H,1-2,9-10H2;3,5-6H,1,4H2,2H3. The van der Waals surface area contributed by atoms with Gasteiger partial charge in [-0.15, -0.1) is 6.58 Å². The lowest BCUT2D eigenvalue weighted by atomic mass is 10.1. The Morgan fingerprint density at radius 2 is 1.36 bits per heavy atom. The summed E-state index contributed by atoms with van der Waals surface area (Å²) in [5, 5.41) is 8.41. The van der Waals surface area contributed by atoms with E-state index in [0.717, 1.165) is 0 Å². The smallest absolute Gasteiger partial charge is 0.339 e. The van der Waals surface area contributed by atoms with Crippen molar-refractivity contribution >= 4 is 11.9 Å². The van der Waals surface area contributed by atoms with Gasteiger partial charge in [-0.25, -0.2) is 9.59 Å². The summed E-state index contributed by atoms with van der Waals surface area (Å²) in [6, 6.07) is 6.31. The van der Waals surface area contributed by atoms with Crippen LogP contribution in [0.2, 0.25) is 0 Å². The zero-order valence-corrected chi connectivity index (χ0v) is 14.3. The van der Waals surface area contributed by atoms with Gasteiger partial charge in [0, 0.05) is 0 Å². The molecule has 1 aromatic carbocycles. The summed E-state index contributed by atoms with van der Waals surface area (Å²) in [5.74, 6) is -1.16. The molecule has 6 heteroatoms. The van der Waals surface area contributed by atoms with E-state index in [9.17, 15) is 9.59 Å². The van der Waals surface area contributed by atoms with Crippen LogP contribution in [0.4, 0.5) is 0 Å². The van der Waals surface area contributed by atoms with Crippen LogP contribution in [0.1, 0.15) is 27.6 Å². The first-order chi connectivity index (χ1) is 12.0. The van der Waals surface area contributed by atoms with Crippen LogP contribution in [0.25, 0.3) is 0 Å². The van der Waals surface area contributed by atoms with Gasteiger partial charge in [0.2, 0.25) is 0 Å². The van der Waals surface area contributed by atoms with Crippen molar-refractivity contribution < 1.29 is 28.9 Å². The van der Waals surface area contributed by atoms with Crippen LogP contribution in [0.15, 0.2) is 62.2 Å². The third-order valence-corrected chi connectivity index (χ3v) is 2.49. The summed E-state index contributed by atoms with van der Waals surface area (Å²) < 4.78 is 14.4. The summed E-state index contributed by atoms with van der Waals surface area (Å²) in [4.78, 5) is 23.4. The molecule has 25 heavy (non-hydrogen) atoms. The zero-order chi connectivity index (χ0) is 19.1. The predicted molar refractivity (Wildman–Crippen MR) is 95.2 cm³/mol. The maximum Gasteiger partial charge on any atom is 0.339 e. The largest absolute Gasteiger partial charge is 0.458 e. The van der Waals surface area contributed by atoms with Crippen LogP contribution in [-0.4, -0.2) is 43.2 Å². The number of ether oxygens (including phenoxy) is 3. The molecular formula is C19H24O6. The molecule has 0 heterocycles. The third kappa shape index (κ3) is 9.91. The molecule has 1 aromatic rings. The van der Waals surface area contributed by atoms with Crippen molar-refractivity contribution in [3.05, 3.63) is 73.4 Å². The van der Waals surface area contributed by atoms with Gasteiger partial charge in [-0.05, 0) is 19.1 Å². The highest BCUT2D eigenvalue weighted by Crippen LogP contribution is 2.12. The molecule has 6 nitrogen and oxygen atoms in total. The number of carbonyl (C=O) groups excluding carboxylic acids is 2. The number of hydrogen-bond acceptors (Lipinski definition) is 6. The van der Waals surface area contributed by atoms with E-state index in [1.54, 1.807) is 25.1 Å². The van der Waals surface area contributed by atoms with Gasteiger partial charge in [0.05, 0.1) is 17.7 Å². The average molecular weight is 348 g/mol. The maximum atomic E-state index is 11.7. The highest BCUT2D eigenvalue weighted by Gasteiger charge is 2.18. The molecule has 0 aromatic heterocycles. The lowest BCUT2D eigenvalue weighted by Crippen LogP contribution is -2.14. The van der Waals surface area contributed by atoms with Crippen LogP contribution in [0.3, 0.4) is 0 Å². The number of benzene rings is 1. The molecule has 0 saturated carbocycles. The van der Waals surface area contributed by atoms with Crippen LogP contribution < -0.4 is 0 Å². The van der Waals surface area contributed by atoms with E-state index >= 15 is 0 Å².